The topological polar surface area (TPSA) is 20.7 Å². The summed E-state index contributed by atoms with van der Waals surface area (Å²) >= 11 is 5.23. The fourth-order valence-electron chi connectivity index (χ4n) is 2.50. The van der Waals surface area contributed by atoms with Crippen LogP contribution in [0.3, 0.4) is 0 Å². The predicted octanol–water partition coefficient (Wildman–Crippen LogP) is 4.69. The van der Waals surface area contributed by atoms with E-state index in [9.17, 15) is 13.2 Å². The second kappa shape index (κ2) is 3.62. The third kappa shape index (κ3) is 1.98. The number of hydrogen-bond acceptors (Lipinski definition) is 1. The molecule has 0 bridgehead atoms. The van der Waals surface area contributed by atoms with Crippen LogP contribution < -0.4 is 0 Å². The molecule has 6 heteroatoms. The van der Waals surface area contributed by atoms with Crippen molar-refractivity contribution in [2.45, 2.75) is 32.5 Å². The fraction of sp³-hybridized carbons (Fsp3) is 0.462. The summed E-state index contributed by atoms with van der Waals surface area (Å²) in [5, 5.41) is 0. The van der Waals surface area contributed by atoms with E-state index in [4.69, 9.17) is 12.2 Å². The van der Waals surface area contributed by atoms with Crippen LogP contribution in [-0.2, 0) is 6.18 Å². The second-order valence-electron chi connectivity index (χ2n) is 5.74. The van der Waals surface area contributed by atoms with Crippen LogP contribution in [0.2, 0.25) is 0 Å². The molecule has 102 valence electrons. The molecule has 1 aliphatic carbocycles. The molecule has 1 atom stereocenters. The Morgan fingerprint density at radius 2 is 2.00 bits per heavy atom. The molecule has 0 saturated heterocycles. The molecule has 0 spiro atoms. The minimum atomic E-state index is -4.33. The Bertz CT molecular complexity index is 709. The number of nitrogens with zero attached hydrogens (tertiary/aromatic N) is 1. The Labute approximate surface area is 113 Å². The third-order valence-corrected chi connectivity index (χ3v) is 4.12. The first-order valence-corrected chi connectivity index (χ1v) is 6.42. The van der Waals surface area contributed by atoms with Gasteiger partial charge in [-0.3, -0.25) is 0 Å². The molecule has 0 amide bonds. The Morgan fingerprint density at radius 1 is 1.37 bits per heavy atom. The van der Waals surface area contributed by atoms with Crippen molar-refractivity contribution < 1.29 is 13.2 Å². The Kier molecular flexibility index (Phi) is 2.43. The van der Waals surface area contributed by atoms with Crippen molar-refractivity contribution in [1.29, 1.82) is 0 Å². The second-order valence-corrected chi connectivity index (χ2v) is 6.13. The van der Waals surface area contributed by atoms with E-state index in [-0.39, 0.29) is 11.5 Å². The molecule has 2 nitrogen and oxygen atoms in total. The number of nitrogens with one attached hydrogen (secondary N) is 1. The van der Waals surface area contributed by atoms with Crippen LogP contribution in [0.1, 0.15) is 31.9 Å². The molecule has 19 heavy (non-hydrogen) atoms. The van der Waals surface area contributed by atoms with Gasteiger partial charge in [-0.25, -0.2) is 0 Å². The van der Waals surface area contributed by atoms with Gasteiger partial charge in [-0.15, -0.1) is 0 Å². The maximum absolute atomic E-state index is 12.7. The molecule has 1 unspecified atom stereocenters. The SMILES string of the molecule is CC1(C)CC1n1c(=S)[nH]c2cc(C(F)(F)F)ccc21. The van der Waals surface area contributed by atoms with Gasteiger partial charge in [0.05, 0.1) is 16.6 Å². The summed E-state index contributed by atoms with van der Waals surface area (Å²) < 4.78 is 40.4. The molecule has 1 heterocycles. The summed E-state index contributed by atoms with van der Waals surface area (Å²) in [5.41, 5.74) is 0.699. The Morgan fingerprint density at radius 3 is 2.53 bits per heavy atom. The average Bonchev–Trinajstić information content (AvgIpc) is 2.76. The van der Waals surface area contributed by atoms with Gasteiger partial charge in [-0.2, -0.15) is 13.2 Å². The van der Waals surface area contributed by atoms with Crippen molar-refractivity contribution in [1.82, 2.24) is 9.55 Å². The third-order valence-electron chi connectivity index (χ3n) is 3.82. The van der Waals surface area contributed by atoms with E-state index in [1.807, 2.05) is 4.57 Å². The van der Waals surface area contributed by atoms with Gasteiger partial charge in [-0.1, -0.05) is 13.8 Å². The zero-order valence-corrected chi connectivity index (χ0v) is 11.3. The minimum Gasteiger partial charge on any atom is -0.331 e. The first kappa shape index (κ1) is 12.7. The molecule has 2 aromatic rings. The number of fused-ring (bicyclic) bond motifs is 1. The van der Waals surface area contributed by atoms with E-state index in [1.165, 1.54) is 6.07 Å². The first-order chi connectivity index (χ1) is 8.70. The lowest BCUT2D eigenvalue weighted by Crippen LogP contribution is -2.04. The van der Waals surface area contributed by atoms with Crippen molar-refractivity contribution in [2.24, 2.45) is 5.41 Å². The maximum Gasteiger partial charge on any atom is 0.416 e. The number of rotatable bonds is 1. The zero-order chi connectivity index (χ0) is 14.0. The van der Waals surface area contributed by atoms with Crippen LogP contribution in [-0.4, -0.2) is 9.55 Å². The van der Waals surface area contributed by atoms with Crippen LogP contribution in [0.4, 0.5) is 13.2 Å². The van der Waals surface area contributed by atoms with E-state index in [0.29, 0.717) is 10.3 Å². The quantitative estimate of drug-likeness (QED) is 0.754. The van der Waals surface area contributed by atoms with Crippen LogP contribution in [0.15, 0.2) is 18.2 Å². The van der Waals surface area contributed by atoms with Gasteiger partial charge in [-0.05, 0) is 42.3 Å². The number of imidazole rings is 1. The van der Waals surface area contributed by atoms with Crippen LogP contribution in [0.5, 0.6) is 0 Å². The summed E-state index contributed by atoms with van der Waals surface area (Å²) in [6.07, 6.45) is -3.33. The molecular weight excluding hydrogens is 273 g/mol. The van der Waals surface area contributed by atoms with Gasteiger partial charge in [0.15, 0.2) is 4.77 Å². The van der Waals surface area contributed by atoms with E-state index >= 15 is 0 Å². The normalized spacial score (nSPS) is 21.8. The summed E-state index contributed by atoms with van der Waals surface area (Å²) in [4.78, 5) is 2.88. The number of aromatic amines is 1. The van der Waals surface area contributed by atoms with Gasteiger partial charge < -0.3 is 9.55 Å². The van der Waals surface area contributed by atoms with Crippen molar-refractivity contribution in [3.63, 3.8) is 0 Å². The first-order valence-electron chi connectivity index (χ1n) is 6.01. The number of hydrogen-bond donors (Lipinski definition) is 1. The molecule has 1 aromatic carbocycles. The van der Waals surface area contributed by atoms with E-state index in [2.05, 4.69) is 18.8 Å². The van der Waals surface area contributed by atoms with Crippen molar-refractivity contribution in [3.8, 4) is 0 Å². The fourth-order valence-corrected chi connectivity index (χ4v) is 2.83. The summed E-state index contributed by atoms with van der Waals surface area (Å²) in [7, 11) is 0. The molecule has 3 rings (SSSR count). The highest BCUT2D eigenvalue weighted by atomic mass is 32.1. The number of benzene rings is 1. The highest BCUT2D eigenvalue weighted by Crippen LogP contribution is 2.56. The molecule has 1 saturated carbocycles. The highest BCUT2D eigenvalue weighted by molar-refractivity contribution is 7.71. The number of aromatic nitrogens is 2. The number of H-pyrrole nitrogens is 1. The Hall–Kier alpha value is -1.30. The van der Waals surface area contributed by atoms with Gasteiger partial charge in [0, 0.05) is 6.04 Å². The highest BCUT2D eigenvalue weighted by Gasteiger charge is 2.48. The standard InChI is InChI=1S/C13H13F3N2S/c1-12(2)6-10(12)18-9-4-3-7(13(14,15)16)5-8(9)17-11(18)19/h3-5,10H,6H2,1-2H3,(H,17,19). The predicted molar refractivity (Wildman–Crippen MR) is 69.6 cm³/mol. The molecule has 1 N–H and O–H groups in total. The largest absolute Gasteiger partial charge is 0.416 e. The zero-order valence-electron chi connectivity index (χ0n) is 10.5. The van der Waals surface area contributed by atoms with E-state index in [1.54, 1.807) is 0 Å². The minimum absolute atomic E-state index is 0.163. The van der Waals surface area contributed by atoms with Crippen molar-refractivity contribution in [2.75, 3.05) is 0 Å². The lowest BCUT2D eigenvalue weighted by molar-refractivity contribution is -0.137. The average molecular weight is 286 g/mol. The van der Waals surface area contributed by atoms with Crippen molar-refractivity contribution in [3.05, 3.63) is 28.5 Å². The van der Waals surface area contributed by atoms with E-state index < -0.39 is 11.7 Å². The molecule has 1 aromatic heterocycles. The van der Waals surface area contributed by atoms with Crippen LogP contribution in [0.25, 0.3) is 11.0 Å². The monoisotopic (exact) mass is 286 g/mol. The van der Waals surface area contributed by atoms with Crippen LogP contribution in [0, 0.1) is 10.2 Å². The molecule has 1 fully saturated rings. The summed E-state index contributed by atoms with van der Waals surface area (Å²) in [6, 6.07) is 4.00. The maximum atomic E-state index is 12.7. The molecule has 0 radical (unpaired) electrons. The smallest absolute Gasteiger partial charge is 0.331 e. The lowest BCUT2D eigenvalue weighted by Gasteiger charge is -2.08. The number of alkyl halides is 3. The van der Waals surface area contributed by atoms with Gasteiger partial charge in [0.25, 0.3) is 0 Å². The molecule has 1 aliphatic rings. The summed E-state index contributed by atoms with van der Waals surface area (Å²) in [5.74, 6) is 0. The molecule has 0 aliphatic heterocycles. The Balaban J connectivity index is 2.17. The number of halogens is 3. The van der Waals surface area contributed by atoms with E-state index in [0.717, 1.165) is 24.1 Å². The lowest BCUT2D eigenvalue weighted by atomic mass is 10.1. The van der Waals surface area contributed by atoms with Gasteiger partial charge in [0.2, 0.25) is 0 Å². The summed E-state index contributed by atoms with van der Waals surface area (Å²) in [6.45, 7) is 4.25. The van der Waals surface area contributed by atoms with Gasteiger partial charge in [0.1, 0.15) is 0 Å². The van der Waals surface area contributed by atoms with Gasteiger partial charge >= 0.3 is 6.18 Å². The van der Waals surface area contributed by atoms with Crippen LogP contribution >= 0.6 is 12.2 Å². The molecular formula is C13H13F3N2S. The van der Waals surface area contributed by atoms with Crippen molar-refractivity contribution >= 4 is 23.3 Å².